The first-order valence-corrected chi connectivity index (χ1v) is 7.90. The maximum absolute atomic E-state index is 12.8. The number of hydrogen-bond acceptors (Lipinski definition) is 3. The lowest BCUT2D eigenvalue weighted by molar-refractivity contribution is 0.0777. The number of amides is 1. The SMILES string of the molecule is Cl.NC1CCC2CN(C(=O)c3cc4ccccc4cc3O)CC12. The van der Waals surface area contributed by atoms with Crippen LogP contribution >= 0.6 is 12.4 Å². The molecule has 2 aromatic carbocycles. The predicted molar refractivity (Wildman–Crippen MR) is 93.0 cm³/mol. The van der Waals surface area contributed by atoms with E-state index in [9.17, 15) is 9.90 Å². The van der Waals surface area contributed by atoms with E-state index in [4.69, 9.17) is 5.73 Å². The molecule has 4 nitrogen and oxygen atoms in total. The third-order valence-corrected chi connectivity index (χ3v) is 5.29. The highest BCUT2D eigenvalue weighted by Gasteiger charge is 2.42. The number of benzene rings is 2. The molecule has 3 N–H and O–H groups in total. The number of carbonyl (C=O) groups is 1. The molecule has 3 unspecified atom stereocenters. The number of nitrogens with two attached hydrogens (primary N) is 1. The molecule has 1 saturated carbocycles. The highest BCUT2D eigenvalue weighted by molar-refractivity contribution is 6.01. The van der Waals surface area contributed by atoms with E-state index in [0.717, 1.165) is 36.7 Å². The first-order valence-electron chi connectivity index (χ1n) is 7.90. The molecule has 2 fully saturated rings. The second kappa shape index (κ2) is 6.02. The summed E-state index contributed by atoms with van der Waals surface area (Å²) in [4.78, 5) is 14.6. The van der Waals surface area contributed by atoms with Crippen molar-refractivity contribution in [1.29, 1.82) is 0 Å². The number of halogens is 1. The number of hydrogen-bond donors (Lipinski definition) is 2. The van der Waals surface area contributed by atoms with Crippen LogP contribution < -0.4 is 5.73 Å². The van der Waals surface area contributed by atoms with Crippen LogP contribution in [0.4, 0.5) is 0 Å². The second-order valence-corrected chi connectivity index (χ2v) is 6.59. The quantitative estimate of drug-likeness (QED) is 0.844. The Hall–Kier alpha value is -1.78. The van der Waals surface area contributed by atoms with Gasteiger partial charge in [-0.25, -0.2) is 0 Å². The van der Waals surface area contributed by atoms with Crippen LogP contribution in [0.1, 0.15) is 23.2 Å². The topological polar surface area (TPSA) is 66.6 Å². The summed E-state index contributed by atoms with van der Waals surface area (Å²) in [6.07, 6.45) is 2.18. The third kappa shape index (κ3) is 2.66. The van der Waals surface area contributed by atoms with Gasteiger partial charge in [0, 0.05) is 19.1 Å². The van der Waals surface area contributed by atoms with Gasteiger partial charge in [-0.3, -0.25) is 4.79 Å². The fourth-order valence-corrected chi connectivity index (χ4v) is 4.04. The van der Waals surface area contributed by atoms with Crippen LogP contribution in [0.3, 0.4) is 0 Å². The van der Waals surface area contributed by atoms with Crippen molar-refractivity contribution in [2.75, 3.05) is 13.1 Å². The number of aromatic hydroxyl groups is 1. The van der Waals surface area contributed by atoms with E-state index in [2.05, 4.69) is 0 Å². The van der Waals surface area contributed by atoms with Crippen LogP contribution in [0.2, 0.25) is 0 Å². The lowest BCUT2D eigenvalue weighted by atomic mass is 9.98. The van der Waals surface area contributed by atoms with Gasteiger partial charge in [0.2, 0.25) is 0 Å². The van der Waals surface area contributed by atoms with Gasteiger partial charge in [-0.1, -0.05) is 24.3 Å². The molecule has 4 rings (SSSR count). The average Bonchev–Trinajstić information content (AvgIpc) is 3.08. The van der Waals surface area contributed by atoms with Gasteiger partial charge in [-0.2, -0.15) is 0 Å². The van der Waals surface area contributed by atoms with E-state index in [-0.39, 0.29) is 30.1 Å². The molecule has 1 heterocycles. The summed E-state index contributed by atoms with van der Waals surface area (Å²) in [5.74, 6) is 0.933. The number of rotatable bonds is 1. The van der Waals surface area contributed by atoms with Crippen molar-refractivity contribution in [2.24, 2.45) is 17.6 Å². The summed E-state index contributed by atoms with van der Waals surface area (Å²) in [6, 6.07) is 11.4. The number of likely N-dealkylation sites (tertiary alicyclic amines) is 1. The smallest absolute Gasteiger partial charge is 0.257 e. The zero-order chi connectivity index (χ0) is 15.3. The van der Waals surface area contributed by atoms with Gasteiger partial charge in [-0.15, -0.1) is 12.4 Å². The Labute approximate surface area is 141 Å². The minimum atomic E-state index is -0.0788. The molecule has 1 aliphatic carbocycles. The Kier molecular flexibility index (Phi) is 4.21. The number of phenols is 1. The van der Waals surface area contributed by atoms with Crippen molar-refractivity contribution >= 4 is 29.1 Å². The summed E-state index contributed by atoms with van der Waals surface area (Å²) in [6.45, 7) is 1.49. The van der Waals surface area contributed by atoms with Crippen molar-refractivity contribution in [3.05, 3.63) is 42.0 Å². The molecule has 1 aliphatic heterocycles. The molecule has 0 radical (unpaired) electrons. The zero-order valence-electron chi connectivity index (χ0n) is 12.8. The van der Waals surface area contributed by atoms with Crippen molar-refractivity contribution < 1.29 is 9.90 Å². The second-order valence-electron chi connectivity index (χ2n) is 6.59. The van der Waals surface area contributed by atoms with Crippen LogP contribution in [0.15, 0.2) is 36.4 Å². The van der Waals surface area contributed by atoms with Crippen molar-refractivity contribution in [1.82, 2.24) is 4.90 Å². The Morgan fingerprint density at radius 1 is 1.13 bits per heavy atom. The zero-order valence-corrected chi connectivity index (χ0v) is 13.6. The Bertz CT molecular complexity index is 749. The molecule has 1 saturated heterocycles. The molecular weight excluding hydrogens is 312 g/mol. The van der Waals surface area contributed by atoms with E-state index in [0.29, 0.717) is 17.4 Å². The molecule has 0 bridgehead atoms. The molecule has 122 valence electrons. The van der Waals surface area contributed by atoms with E-state index < -0.39 is 0 Å². The lowest BCUT2D eigenvalue weighted by Gasteiger charge is -2.19. The minimum absolute atomic E-state index is 0. The molecule has 23 heavy (non-hydrogen) atoms. The standard InChI is InChI=1S/C18H20N2O2.ClH/c19-16-6-5-13-9-20(10-15(13)16)18(22)14-7-11-3-1-2-4-12(11)8-17(14)21;/h1-4,7-8,13,15-16,21H,5-6,9-10,19H2;1H. The van der Waals surface area contributed by atoms with Crippen LogP contribution in [0.25, 0.3) is 10.8 Å². The van der Waals surface area contributed by atoms with Crippen molar-refractivity contribution in [2.45, 2.75) is 18.9 Å². The maximum Gasteiger partial charge on any atom is 0.257 e. The highest BCUT2D eigenvalue weighted by Crippen LogP contribution is 2.38. The van der Waals surface area contributed by atoms with Crippen molar-refractivity contribution in [3.63, 3.8) is 0 Å². The average molecular weight is 333 g/mol. The molecular formula is C18H21ClN2O2. The van der Waals surface area contributed by atoms with Crippen LogP contribution in [-0.2, 0) is 0 Å². The van der Waals surface area contributed by atoms with E-state index in [1.165, 1.54) is 0 Å². The monoisotopic (exact) mass is 332 g/mol. The van der Waals surface area contributed by atoms with Crippen LogP contribution in [0, 0.1) is 11.8 Å². The normalized spacial score (nSPS) is 26.1. The van der Waals surface area contributed by atoms with E-state index in [1.54, 1.807) is 12.1 Å². The molecule has 0 aromatic heterocycles. The minimum Gasteiger partial charge on any atom is -0.507 e. The maximum atomic E-state index is 12.8. The molecule has 5 heteroatoms. The number of nitrogens with zero attached hydrogens (tertiary/aromatic N) is 1. The van der Waals surface area contributed by atoms with Gasteiger partial charge in [0.1, 0.15) is 5.75 Å². The summed E-state index contributed by atoms with van der Waals surface area (Å²) in [5.41, 5.74) is 6.53. The van der Waals surface area contributed by atoms with Crippen LogP contribution in [0.5, 0.6) is 5.75 Å². The molecule has 1 amide bonds. The largest absolute Gasteiger partial charge is 0.507 e. The summed E-state index contributed by atoms with van der Waals surface area (Å²) >= 11 is 0. The fourth-order valence-electron chi connectivity index (χ4n) is 4.04. The van der Waals surface area contributed by atoms with E-state index in [1.807, 2.05) is 29.2 Å². The Morgan fingerprint density at radius 3 is 2.52 bits per heavy atom. The Morgan fingerprint density at radius 2 is 1.83 bits per heavy atom. The number of fused-ring (bicyclic) bond motifs is 2. The lowest BCUT2D eigenvalue weighted by Crippen LogP contribution is -2.33. The molecule has 0 spiro atoms. The summed E-state index contributed by atoms with van der Waals surface area (Å²) < 4.78 is 0. The Balaban J connectivity index is 0.00000156. The predicted octanol–water partition coefficient (Wildman–Crippen LogP) is 2.78. The first-order chi connectivity index (χ1) is 10.6. The van der Waals surface area contributed by atoms with Crippen LogP contribution in [-0.4, -0.2) is 35.0 Å². The van der Waals surface area contributed by atoms with Gasteiger partial charge in [0.15, 0.2) is 0 Å². The molecule has 2 aromatic rings. The van der Waals surface area contributed by atoms with E-state index >= 15 is 0 Å². The molecule has 2 aliphatic rings. The van der Waals surface area contributed by atoms with Gasteiger partial charge in [0.05, 0.1) is 5.56 Å². The number of phenolic OH excluding ortho intramolecular Hbond substituents is 1. The van der Waals surface area contributed by atoms with Crippen molar-refractivity contribution in [3.8, 4) is 5.75 Å². The fraction of sp³-hybridized carbons (Fsp3) is 0.389. The summed E-state index contributed by atoms with van der Waals surface area (Å²) in [5, 5.41) is 12.1. The summed E-state index contributed by atoms with van der Waals surface area (Å²) in [7, 11) is 0. The van der Waals surface area contributed by atoms with Gasteiger partial charge >= 0.3 is 0 Å². The highest BCUT2D eigenvalue weighted by atomic mass is 35.5. The third-order valence-electron chi connectivity index (χ3n) is 5.29. The van der Waals surface area contributed by atoms with Gasteiger partial charge < -0.3 is 15.7 Å². The first kappa shape index (κ1) is 16.1. The van der Waals surface area contributed by atoms with Gasteiger partial charge in [0.25, 0.3) is 5.91 Å². The number of carbonyl (C=O) groups excluding carboxylic acids is 1. The van der Waals surface area contributed by atoms with Gasteiger partial charge in [-0.05, 0) is 47.6 Å². The molecule has 3 atom stereocenters.